The van der Waals surface area contributed by atoms with Crippen molar-refractivity contribution in [3.8, 4) is 6.07 Å². The average Bonchev–Trinajstić information content (AvgIpc) is 2.75. The molecular weight excluding hydrogens is 256 g/mol. The molecule has 0 aromatic carbocycles. The first kappa shape index (κ1) is 14.4. The van der Waals surface area contributed by atoms with Crippen LogP contribution in [0.3, 0.4) is 0 Å². The van der Waals surface area contributed by atoms with Crippen LogP contribution in [-0.2, 0) is 12.0 Å². The third-order valence-corrected chi connectivity index (χ3v) is 4.38. The number of thiazole rings is 1. The second-order valence-electron chi connectivity index (χ2n) is 6.23. The van der Waals surface area contributed by atoms with Crippen molar-refractivity contribution in [3.63, 3.8) is 0 Å². The molecule has 1 aliphatic rings. The molecule has 19 heavy (non-hydrogen) atoms. The fourth-order valence-electron chi connectivity index (χ4n) is 2.21. The summed E-state index contributed by atoms with van der Waals surface area (Å²) in [6.45, 7) is 11.6. The lowest BCUT2D eigenvalue weighted by molar-refractivity contribution is 0.148. The molecule has 1 fully saturated rings. The van der Waals surface area contributed by atoms with Gasteiger partial charge in [0, 0.05) is 31.6 Å². The molecule has 1 aliphatic heterocycles. The van der Waals surface area contributed by atoms with E-state index in [2.05, 4.69) is 43.7 Å². The maximum absolute atomic E-state index is 9.24. The van der Waals surface area contributed by atoms with E-state index >= 15 is 0 Å². The predicted octanol–water partition coefficient (Wildman–Crippen LogP) is 2.06. The Hall–Kier alpha value is -0.960. The summed E-state index contributed by atoms with van der Waals surface area (Å²) in [6.07, 6.45) is 0. The van der Waals surface area contributed by atoms with Crippen molar-refractivity contribution < 1.29 is 0 Å². The van der Waals surface area contributed by atoms with Crippen LogP contribution in [-0.4, -0.2) is 48.0 Å². The van der Waals surface area contributed by atoms with Crippen molar-refractivity contribution in [2.24, 2.45) is 0 Å². The van der Waals surface area contributed by atoms with Gasteiger partial charge in [0.2, 0.25) is 0 Å². The minimum Gasteiger partial charge on any atom is -0.304 e. The summed E-state index contributed by atoms with van der Waals surface area (Å²) >= 11 is 1.55. The van der Waals surface area contributed by atoms with E-state index in [4.69, 9.17) is 4.98 Å². The molecular formula is C14H22N4S. The lowest BCUT2D eigenvalue weighted by atomic mass is 9.91. The molecule has 1 saturated heterocycles. The van der Waals surface area contributed by atoms with E-state index in [1.54, 1.807) is 11.3 Å². The molecule has 104 valence electrons. The molecule has 2 rings (SSSR count). The highest BCUT2D eigenvalue weighted by Gasteiger charge is 2.24. The molecule has 4 nitrogen and oxygen atoms in total. The van der Waals surface area contributed by atoms with Gasteiger partial charge in [-0.25, -0.2) is 4.98 Å². The SMILES string of the molecule is CN1CCN(Cc2nc(C(C)(C)C)c(C#N)s2)CC1. The Morgan fingerprint density at radius 3 is 2.37 bits per heavy atom. The molecule has 1 aromatic heterocycles. The molecule has 0 saturated carbocycles. The first-order chi connectivity index (χ1) is 8.90. The fourth-order valence-corrected chi connectivity index (χ4v) is 3.33. The molecule has 0 N–H and O–H groups in total. The van der Waals surface area contributed by atoms with Crippen LogP contribution in [0.5, 0.6) is 0 Å². The van der Waals surface area contributed by atoms with Gasteiger partial charge in [0.05, 0.1) is 12.2 Å². The lowest BCUT2D eigenvalue weighted by Gasteiger charge is -2.31. The Labute approximate surface area is 119 Å². The zero-order valence-corrected chi connectivity index (χ0v) is 13.0. The van der Waals surface area contributed by atoms with Crippen molar-refractivity contribution in [3.05, 3.63) is 15.6 Å². The number of rotatable bonds is 2. The summed E-state index contributed by atoms with van der Waals surface area (Å²) in [4.78, 5) is 10.3. The van der Waals surface area contributed by atoms with Crippen LogP contribution in [0.2, 0.25) is 0 Å². The summed E-state index contributed by atoms with van der Waals surface area (Å²) in [5.41, 5.74) is 0.895. The first-order valence-electron chi connectivity index (χ1n) is 6.71. The van der Waals surface area contributed by atoms with E-state index < -0.39 is 0 Å². The summed E-state index contributed by atoms with van der Waals surface area (Å²) in [5, 5.41) is 10.3. The number of nitriles is 1. The molecule has 0 amide bonds. The smallest absolute Gasteiger partial charge is 0.128 e. The van der Waals surface area contributed by atoms with Gasteiger partial charge in [-0.15, -0.1) is 11.3 Å². The number of aromatic nitrogens is 1. The molecule has 2 heterocycles. The van der Waals surface area contributed by atoms with Crippen molar-refractivity contribution >= 4 is 11.3 Å². The van der Waals surface area contributed by atoms with Crippen molar-refractivity contribution in [1.82, 2.24) is 14.8 Å². The molecule has 0 spiro atoms. The van der Waals surface area contributed by atoms with E-state index in [0.29, 0.717) is 0 Å². The highest BCUT2D eigenvalue weighted by atomic mass is 32.1. The van der Waals surface area contributed by atoms with E-state index in [1.165, 1.54) is 0 Å². The lowest BCUT2D eigenvalue weighted by Crippen LogP contribution is -2.43. The van der Waals surface area contributed by atoms with E-state index in [-0.39, 0.29) is 5.41 Å². The second-order valence-corrected chi connectivity index (χ2v) is 7.31. The Morgan fingerprint density at radius 1 is 1.26 bits per heavy atom. The molecule has 0 unspecified atom stereocenters. The third-order valence-electron chi connectivity index (χ3n) is 3.44. The zero-order valence-electron chi connectivity index (χ0n) is 12.2. The van der Waals surface area contributed by atoms with Gasteiger partial charge in [0.15, 0.2) is 0 Å². The van der Waals surface area contributed by atoms with Gasteiger partial charge in [-0.3, -0.25) is 4.90 Å². The molecule has 0 radical (unpaired) electrons. The van der Waals surface area contributed by atoms with Crippen molar-refractivity contribution in [2.45, 2.75) is 32.7 Å². The number of hydrogen-bond acceptors (Lipinski definition) is 5. The van der Waals surface area contributed by atoms with Gasteiger partial charge in [-0.1, -0.05) is 20.8 Å². The summed E-state index contributed by atoms with van der Waals surface area (Å²) in [5.74, 6) is 0. The van der Waals surface area contributed by atoms with Gasteiger partial charge in [-0.2, -0.15) is 5.26 Å². The van der Waals surface area contributed by atoms with Crippen LogP contribution >= 0.6 is 11.3 Å². The Bertz CT molecular complexity index is 473. The predicted molar refractivity (Wildman–Crippen MR) is 78.3 cm³/mol. The zero-order chi connectivity index (χ0) is 14.0. The number of hydrogen-bond donors (Lipinski definition) is 0. The maximum atomic E-state index is 9.24. The van der Waals surface area contributed by atoms with E-state index in [0.717, 1.165) is 48.3 Å². The summed E-state index contributed by atoms with van der Waals surface area (Å²) < 4.78 is 0. The fraction of sp³-hybridized carbons (Fsp3) is 0.714. The Kier molecular flexibility index (Phi) is 4.24. The Balaban J connectivity index is 2.10. The first-order valence-corrected chi connectivity index (χ1v) is 7.53. The van der Waals surface area contributed by atoms with Gasteiger partial charge >= 0.3 is 0 Å². The number of piperazine rings is 1. The standard InChI is InChI=1S/C14H22N4S/c1-14(2,3)13-11(9-15)19-12(16-13)10-18-7-5-17(4)6-8-18/h5-8,10H2,1-4H3. The number of likely N-dealkylation sites (N-methyl/N-ethyl adjacent to an activating group) is 1. The largest absolute Gasteiger partial charge is 0.304 e. The average molecular weight is 278 g/mol. The Morgan fingerprint density at radius 2 is 1.89 bits per heavy atom. The van der Waals surface area contributed by atoms with Crippen LogP contribution in [0.4, 0.5) is 0 Å². The van der Waals surface area contributed by atoms with Crippen LogP contribution in [0.15, 0.2) is 0 Å². The third kappa shape index (κ3) is 3.53. The van der Waals surface area contributed by atoms with Crippen LogP contribution in [0.1, 0.15) is 36.3 Å². The minimum atomic E-state index is -0.0536. The maximum Gasteiger partial charge on any atom is 0.128 e. The highest BCUT2D eigenvalue weighted by molar-refractivity contribution is 7.12. The molecule has 0 atom stereocenters. The molecule has 0 bridgehead atoms. The topological polar surface area (TPSA) is 43.2 Å². The van der Waals surface area contributed by atoms with Gasteiger partial charge in [-0.05, 0) is 7.05 Å². The summed E-state index contributed by atoms with van der Waals surface area (Å²) in [6, 6.07) is 2.30. The van der Waals surface area contributed by atoms with Crippen LogP contribution in [0.25, 0.3) is 0 Å². The van der Waals surface area contributed by atoms with Crippen molar-refractivity contribution in [2.75, 3.05) is 33.2 Å². The minimum absolute atomic E-state index is 0.0536. The molecule has 5 heteroatoms. The normalized spacial score (nSPS) is 18.5. The van der Waals surface area contributed by atoms with Gasteiger partial charge < -0.3 is 4.90 Å². The summed E-state index contributed by atoms with van der Waals surface area (Å²) in [7, 11) is 2.16. The van der Waals surface area contributed by atoms with E-state index in [9.17, 15) is 5.26 Å². The van der Waals surface area contributed by atoms with E-state index in [1.807, 2.05) is 0 Å². The van der Waals surface area contributed by atoms with Gasteiger partial charge in [0.25, 0.3) is 0 Å². The van der Waals surface area contributed by atoms with Crippen LogP contribution < -0.4 is 0 Å². The highest BCUT2D eigenvalue weighted by Crippen LogP contribution is 2.29. The van der Waals surface area contributed by atoms with Gasteiger partial charge in [0.1, 0.15) is 16.0 Å². The second kappa shape index (κ2) is 5.58. The van der Waals surface area contributed by atoms with Crippen LogP contribution in [0, 0.1) is 11.3 Å². The number of nitrogens with zero attached hydrogens (tertiary/aromatic N) is 4. The van der Waals surface area contributed by atoms with Crippen molar-refractivity contribution in [1.29, 1.82) is 5.26 Å². The molecule has 1 aromatic rings. The monoisotopic (exact) mass is 278 g/mol. The quantitative estimate of drug-likeness (QED) is 0.830. The molecule has 0 aliphatic carbocycles.